The van der Waals surface area contributed by atoms with Crippen molar-refractivity contribution in [3.63, 3.8) is 0 Å². The predicted molar refractivity (Wildman–Crippen MR) is 75.1 cm³/mol. The highest BCUT2D eigenvalue weighted by atomic mass is 79.9. The van der Waals surface area contributed by atoms with Crippen molar-refractivity contribution in [2.24, 2.45) is 0 Å². The molecule has 1 fully saturated rings. The summed E-state index contributed by atoms with van der Waals surface area (Å²) in [5.74, 6) is -3.08. The molecule has 1 aliphatic heterocycles. The smallest absolute Gasteiger partial charge is 0.348 e. The van der Waals surface area contributed by atoms with Crippen LogP contribution in [-0.2, 0) is 19.1 Å². The molecule has 0 aromatic heterocycles. The normalized spacial score (nSPS) is 17.5. The van der Waals surface area contributed by atoms with E-state index in [1.165, 1.54) is 32.1 Å². The second-order valence-corrected chi connectivity index (χ2v) is 5.85. The summed E-state index contributed by atoms with van der Waals surface area (Å²) in [7, 11) is 0. The van der Waals surface area contributed by atoms with Crippen molar-refractivity contribution in [2.45, 2.75) is 19.6 Å². The third-order valence-corrected chi connectivity index (χ3v) is 3.30. The lowest BCUT2D eigenvalue weighted by Crippen LogP contribution is -2.41. The fourth-order valence-electron chi connectivity index (χ4n) is 1.63. The van der Waals surface area contributed by atoms with Gasteiger partial charge in [0.15, 0.2) is 0 Å². The summed E-state index contributed by atoms with van der Waals surface area (Å²) in [6.45, 7) is 2.90. The largest absolute Gasteiger partial charge is 0.506 e. The summed E-state index contributed by atoms with van der Waals surface area (Å²) < 4.78 is 10.2. The number of carbonyl (C=O) groups excluding carboxylic acids is 2. The van der Waals surface area contributed by atoms with Crippen LogP contribution in [0.3, 0.4) is 0 Å². The van der Waals surface area contributed by atoms with Crippen LogP contribution in [0, 0.1) is 0 Å². The molecule has 1 saturated heterocycles. The minimum atomic E-state index is -1.30. The molecule has 0 amide bonds. The minimum absolute atomic E-state index is 0.146. The molecule has 0 bridgehead atoms. The molecule has 1 aliphatic rings. The number of cyclic esters (lactones) is 2. The highest BCUT2D eigenvalue weighted by Gasteiger charge is 2.39. The summed E-state index contributed by atoms with van der Waals surface area (Å²) in [6, 6.07) is 2.90. The monoisotopic (exact) mass is 360 g/mol. The maximum absolute atomic E-state index is 11.8. The van der Waals surface area contributed by atoms with E-state index in [1.54, 1.807) is 0 Å². The van der Waals surface area contributed by atoms with E-state index in [-0.39, 0.29) is 16.9 Å². The van der Waals surface area contributed by atoms with E-state index in [0.717, 1.165) is 0 Å². The number of hydrogen-bond acceptors (Lipinski definition) is 5. The van der Waals surface area contributed by atoms with Crippen molar-refractivity contribution >= 4 is 45.5 Å². The van der Waals surface area contributed by atoms with Crippen LogP contribution in [0.1, 0.15) is 19.4 Å². The fourth-order valence-corrected chi connectivity index (χ4v) is 2.46. The first kappa shape index (κ1) is 14.9. The van der Waals surface area contributed by atoms with Gasteiger partial charge in [-0.2, -0.15) is 0 Å². The van der Waals surface area contributed by atoms with Gasteiger partial charge in [-0.1, -0.05) is 11.6 Å². The molecule has 0 unspecified atom stereocenters. The van der Waals surface area contributed by atoms with Crippen LogP contribution in [-0.4, -0.2) is 22.8 Å². The molecule has 0 radical (unpaired) electrons. The standard InChI is InChI=1S/C13H10BrClO5/c1-13(2)19-11(17)8(12(18)20-13)4-6-3-7(15)5-9(14)10(6)16/h3-5,16H,1-2H3. The van der Waals surface area contributed by atoms with Gasteiger partial charge in [0, 0.05) is 24.4 Å². The Bertz CT molecular complexity index is 614. The summed E-state index contributed by atoms with van der Waals surface area (Å²) in [5.41, 5.74) is -0.109. The Morgan fingerprint density at radius 2 is 1.80 bits per heavy atom. The van der Waals surface area contributed by atoms with Crippen molar-refractivity contribution in [3.05, 3.63) is 32.8 Å². The average Bonchev–Trinajstić information content (AvgIpc) is 2.28. The molecule has 1 heterocycles. The molecular weight excluding hydrogens is 351 g/mol. The number of carbonyl (C=O) groups is 2. The molecule has 0 saturated carbocycles. The van der Waals surface area contributed by atoms with Crippen LogP contribution in [0.5, 0.6) is 5.75 Å². The van der Waals surface area contributed by atoms with Gasteiger partial charge in [-0.25, -0.2) is 9.59 Å². The molecular formula is C13H10BrClO5. The van der Waals surface area contributed by atoms with Crippen molar-refractivity contribution in [3.8, 4) is 5.75 Å². The molecule has 7 heteroatoms. The van der Waals surface area contributed by atoms with Crippen molar-refractivity contribution < 1.29 is 24.2 Å². The zero-order valence-electron chi connectivity index (χ0n) is 10.6. The van der Waals surface area contributed by atoms with Gasteiger partial charge in [0.1, 0.15) is 11.3 Å². The zero-order valence-corrected chi connectivity index (χ0v) is 12.9. The van der Waals surface area contributed by atoms with Crippen LogP contribution in [0.15, 0.2) is 22.2 Å². The molecule has 1 N–H and O–H groups in total. The van der Waals surface area contributed by atoms with Gasteiger partial charge in [-0.05, 0) is 34.1 Å². The molecule has 20 heavy (non-hydrogen) atoms. The highest BCUT2D eigenvalue weighted by molar-refractivity contribution is 9.10. The van der Waals surface area contributed by atoms with Crippen LogP contribution in [0.4, 0.5) is 0 Å². The average molecular weight is 362 g/mol. The Kier molecular flexibility index (Phi) is 3.80. The van der Waals surface area contributed by atoms with Gasteiger partial charge in [0.25, 0.3) is 5.79 Å². The SMILES string of the molecule is CC1(C)OC(=O)C(=Cc2cc(Cl)cc(Br)c2O)C(=O)O1. The third-order valence-electron chi connectivity index (χ3n) is 2.47. The van der Waals surface area contributed by atoms with Crippen molar-refractivity contribution in [1.82, 2.24) is 0 Å². The number of phenolic OH excluding ortho intramolecular Hbond substituents is 1. The van der Waals surface area contributed by atoms with Gasteiger partial charge in [-0.3, -0.25) is 0 Å². The Labute approximate surface area is 128 Å². The van der Waals surface area contributed by atoms with E-state index in [0.29, 0.717) is 9.50 Å². The fraction of sp³-hybridized carbons (Fsp3) is 0.231. The Morgan fingerprint density at radius 3 is 2.35 bits per heavy atom. The predicted octanol–water partition coefficient (Wildman–Crippen LogP) is 3.03. The van der Waals surface area contributed by atoms with E-state index < -0.39 is 17.7 Å². The van der Waals surface area contributed by atoms with E-state index in [1.807, 2.05) is 0 Å². The summed E-state index contributed by atoms with van der Waals surface area (Å²) in [4.78, 5) is 23.6. The summed E-state index contributed by atoms with van der Waals surface area (Å²) in [6.07, 6.45) is 1.17. The summed E-state index contributed by atoms with van der Waals surface area (Å²) >= 11 is 8.97. The second-order valence-electron chi connectivity index (χ2n) is 4.56. The van der Waals surface area contributed by atoms with Crippen LogP contribution < -0.4 is 0 Å². The summed E-state index contributed by atoms with van der Waals surface area (Å²) in [5, 5.41) is 10.2. The van der Waals surface area contributed by atoms with Gasteiger partial charge < -0.3 is 14.6 Å². The topological polar surface area (TPSA) is 72.8 Å². The molecule has 5 nitrogen and oxygen atoms in total. The second kappa shape index (κ2) is 5.10. The maximum atomic E-state index is 11.8. The number of benzene rings is 1. The van der Waals surface area contributed by atoms with E-state index in [2.05, 4.69) is 15.9 Å². The molecule has 2 rings (SSSR count). The van der Waals surface area contributed by atoms with Crippen molar-refractivity contribution in [1.29, 1.82) is 0 Å². The number of hydrogen-bond donors (Lipinski definition) is 1. The van der Waals surface area contributed by atoms with E-state index >= 15 is 0 Å². The van der Waals surface area contributed by atoms with Gasteiger partial charge in [-0.15, -0.1) is 0 Å². The lowest BCUT2D eigenvalue weighted by Gasteiger charge is -2.29. The Balaban J connectivity index is 2.46. The van der Waals surface area contributed by atoms with Crippen LogP contribution >= 0.6 is 27.5 Å². The Morgan fingerprint density at radius 1 is 1.25 bits per heavy atom. The lowest BCUT2D eigenvalue weighted by molar-refractivity contribution is -0.222. The minimum Gasteiger partial charge on any atom is -0.506 e. The number of ether oxygens (including phenoxy) is 2. The van der Waals surface area contributed by atoms with Gasteiger partial charge >= 0.3 is 11.9 Å². The Hall–Kier alpha value is -1.53. The highest BCUT2D eigenvalue weighted by Crippen LogP contribution is 2.34. The molecule has 1 aromatic rings. The van der Waals surface area contributed by atoms with Crippen LogP contribution in [0.25, 0.3) is 6.08 Å². The first-order valence-electron chi connectivity index (χ1n) is 5.56. The molecule has 1 aromatic carbocycles. The van der Waals surface area contributed by atoms with E-state index in [9.17, 15) is 14.7 Å². The first-order valence-corrected chi connectivity index (χ1v) is 6.73. The number of esters is 2. The quantitative estimate of drug-likeness (QED) is 0.473. The van der Waals surface area contributed by atoms with Crippen LogP contribution in [0.2, 0.25) is 5.02 Å². The zero-order chi connectivity index (χ0) is 15.1. The van der Waals surface area contributed by atoms with E-state index in [4.69, 9.17) is 21.1 Å². The third kappa shape index (κ3) is 2.96. The lowest BCUT2D eigenvalue weighted by atomic mass is 10.1. The molecule has 0 atom stereocenters. The number of phenols is 1. The number of rotatable bonds is 1. The molecule has 0 spiro atoms. The maximum Gasteiger partial charge on any atom is 0.348 e. The van der Waals surface area contributed by atoms with Gasteiger partial charge in [0.2, 0.25) is 0 Å². The molecule has 106 valence electrons. The number of halogens is 2. The number of aromatic hydroxyl groups is 1. The molecule has 0 aliphatic carbocycles. The van der Waals surface area contributed by atoms with Crippen molar-refractivity contribution in [2.75, 3.05) is 0 Å². The first-order chi connectivity index (χ1) is 9.19. The van der Waals surface area contributed by atoms with Gasteiger partial charge in [0.05, 0.1) is 4.47 Å².